The van der Waals surface area contributed by atoms with E-state index in [1.54, 1.807) is 17.9 Å². The molecule has 0 spiro atoms. The molecule has 0 amide bonds. The van der Waals surface area contributed by atoms with Crippen LogP contribution in [-0.2, 0) is 6.54 Å². The van der Waals surface area contributed by atoms with Crippen LogP contribution in [0, 0.1) is 5.92 Å². The molecule has 1 atom stereocenters. The van der Waals surface area contributed by atoms with E-state index in [0.29, 0.717) is 29.6 Å². The summed E-state index contributed by atoms with van der Waals surface area (Å²) < 4.78 is 7.97. The third kappa shape index (κ3) is 3.90. The van der Waals surface area contributed by atoms with Crippen molar-refractivity contribution in [2.45, 2.75) is 13.0 Å². The Morgan fingerprint density at radius 2 is 2.29 bits per heavy atom. The molecule has 8 nitrogen and oxygen atoms in total. The summed E-state index contributed by atoms with van der Waals surface area (Å²) in [7, 11) is 3.76. The quantitative estimate of drug-likeness (QED) is 0.603. The average Bonchev–Trinajstić information content (AvgIpc) is 3.23. The Bertz CT molecular complexity index is 1050. The van der Waals surface area contributed by atoms with E-state index in [1.807, 2.05) is 18.2 Å². The van der Waals surface area contributed by atoms with Crippen molar-refractivity contribution in [2.24, 2.45) is 5.92 Å². The fourth-order valence-electron chi connectivity index (χ4n) is 3.65. The number of nitrogens with one attached hydrogen (secondary N) is 2. The summed E-state index contributed by atoms with van der Waals surface area (Å²) >= 11 is 3.48. The Hall–Kier alpha value is -2.39. The van der Waals surface area contributed by atoms with Gasteiger partial charge in [-0.25, -0.2) is 9.78 Å². The number of benzene rings is 1. The highest BCUT2D eigenvalue weighted by molar-refractivity contribution is 9.10. The standard InChI is InChI=1S/C19H23BrN6O2/c1-25-6-5-12(10-25)8-21-18-22-9-15-17(24-18)26(19(27)23-15)11-13-7-14(20)3-4-16(13)28-2/h3-4,7,9,12H,5-6,8,10-11H2,1-2H3,(H,23,27)(H,21,22,24)/t12-/m0/s1. The van der Waals surface area contributed by atoms with Crippen LogP contribution in [0.2, 0.25) is 0 Å². The molecular weight excluding hydrogens is 424 g/mol. The molecule has 3 aromatic rings. The topological polar surface area (TPSA) is 88.1 Å². The predicted octanol–water partition coefficient (Wildman–Crippen LogP) is 2.30. The highest BCUT2D eigenvalue weighted by Crippen LogP contribution is 2.24. The lowest BCUT2D eigenvalue weighted by Gasteiger charge is -2.12. The second-order valence-corrected chi connectivity index (χ2v) is 8.12. The zero-order valence-electron chi connectivity index (χ0n) is 15.9. The molecule has 1 saturated heterocycles. The minimum absolute atomic E-state index is 0.221. The number of likely N-dealkylation sites (tertiary alicyclic amines) is 1. The number of anilines is 1. The number of aromatic nitrogens is 4. The number of nitrogens with zero attached hydrogens (tertiary/aromatic N) is 4. The summed E-state index contributed by atoms with van der Waals surface area (Å²) in [5, 5.41) is 3.32. The van der Waals surface area contributed by atoms with Gasteiger partial charge in [0, 0.05) is 23.1 Å². The molecule has 0 aliphatic carbocycles. The van der Waals surface area contributed by atoms with Crippen LogP contribution in [0.5, 0.6) is 5.75 Å². The number of hydrogen-bond donors (Lipinski definition) is 2. The molecule has 28 heavy (non-hydrogen) atoms. The van der Waals surface area contributed by atoms with Crippen molar-refractivity contribution in [1.82, 2.24) is 24.4 Å². The average molecular weight is 447 g/mol. The zero-order valence-corrected chi connectivity index (χ0v) is 17.5. The lowest BCUT2D eigenvalue weighted by molar-refractivity contribution is 0.399. The summed E-state index contributed by atoms with van der Waals surface area (Å²) in [4.78, 5) is 26.6. The minimum Gasteiger partial charge on any atom is -0.496 e. The first-order chi connectivity index (χ1) is 13.5. The van der Waals surface area contributed by atoms with E-state index < -0.39 is 0 Å². The van der Waals surface area contributed by atoms with Crippen LogP contribution in [0.1, 0.15) is 12.0 Å². The normalized spacial score (nSPS) is 17.3. The molecule has 1 aliphatic heterocycles. The van der Waals surface area contributed by atoms with Crippen LogP contribution in [0.25, 0.3) is 11.2 Å². The van der Waals surface area contributed by atoms with Crippen LogP contribution >= 0.6 is 15.9 Å². The van der Waals surface area contributed by atoms with Crippen molar-refractivity contribution in [2.75, 3.05) is 39.1 Å². The van der Waals surface area contributed by atoms with Crippen molar-refractivity contribution in [3.05, 3.63) is 44.9 Å². The van der Waals surface area contributed by atoms with E-state index in [-0.39, 0.29) is 5.69 Å². The van der Waals surface area contributed by atoms with Crippen LogP contribution in [0.3, 0.4) is 0 Å². The smallest absolute Gasteiger partial charge is 0.328 e. The molecule has 2 aromatic heterocycles. The van der Waals surface area contributed by atoms with Crippen molar-refractivity contribution in [1.29, 1.82) is 0 Å². The number of H-pyrrole nitrogens is 1. The molecule has 148 valence electrons. The van der Waals surface area contributed by atoms with Gasteiger partial charge in [0.05, 0.1) is 19.9 Å². The highest BCUT2D eigenvalue weighted by atomic mass is 79.9. The van der Waals surface area contributed by atoms with Gasteiger partial charge in [-0.15, -0.1) is 0 Å². The molecule has 9 heteroatoms. The fourth-order valence-corrected chi connectivity index (χ4v) is 4.06. The number of fused-ring (bicyclic) bond motifs is 1. The molecule has 2 N–H and O–H groups in total. The van der Waals surface area contributed by atoms with E-state index in [0.717, 1.165) is 35.4 Å². The van der Waals surface area contributed by atoms with Crippen LogP contribution in [0.4, 0.5) is 5.95 Å². The van der Waals surface area contributed by atoms with Crippen molar-refractivity contribution in [3.8, 4) is 5.75 Å². The Morgan fingerprint density at radius 1 is 1.43 bits per heavy atom. The number of rotatable bonds is 6. The minimum atomic E-state index is -0.221. The summed E-state index contributed by atoms with van der Waals surface area (Å²) in [6, 6.07) is 5.73. The maximum absolute atomic E-state index is 12.5. The number of halogens is 1. The predicted molar refractivity (Wildman–Crippen MR) is 112 cm³/mol. The molecule has 0 radical (unpaired) electrons. The maximum Gasteiger partial charge on any atom is 0.328 e. The lowest BCUT2D eigenvalue weighted by Crippen LogP contribution is -2.20. The molecule has 1 fully saturated rings. The van der Waals surface area contributed by atoms with Gasteiger partial charge in [0.2, 0.25) is 5.95 Å². The van der Waals surface area contributed by atoms with E-state index in [1.165, 1.54) is 6.42 Å². The number of aromatic amines is 1. The zero-order chi connectivity index (χ0) is 19.7. The Labute approximate surface area is 171 Å². The van der Waals surface area contributed by atoms with Gasteiger partial charge in [-0.2, -0.15) is 4.98 Å². The third-order valence-corrected chi connectivity index (χ3v) is 5.61. The monoisotopic (exact) mass is 446 g/mol. The molecule has 0 saturated carbocycles. The fraction of sp³-hybridized carbons (Fsp3) is 0.421. The number of ether oxygens (including phenoxy) is 1. The number of hydrogen-bond acceptors (Lipinski definition) is 6. The largest absolute Gasteiger partial charge is 0.496 e. The van der Waals surface area contributed by atoms with Crippen LogP contribution < -0.4 is 15.7 Å². The first-order valence-corrected chi connectivity index (χ1v) is 10.0. The van der Waals surface area contributed by atoms with Gasteiger partial charge in [0.15, 0.2) is 5.65 Å². The molecule has 1 aromatic carbocycles. The van der Waals surface area contributed by atoms with Gasteiger partial charge in [0.25, 0.3) is 0 Å². The Kier molecular flexibility index (Phi) is 5.36. The SMILES string of the molecule is COc1ccc(Br)cc1Cn1c(=O)[nH]c2cnc(NC[C@@H]3CCN(C)C3)nc21. The molecule has 0 bridgehead atoms. The molecule has 0 unspecified atom stereocenters. The van der Waals surface area contributed by atoms with E-state index >= 15 is 0 Å². The van der Waals surface area contributed by atoms with Crippen molar-refractivity contribution >= 4 is 33.0 Å². The van der Waals surface area contributed by atoms with E-state index in [9.17, 15) is 4.79 Å². The maximum atomic E-state index is 12.5. The van der Waals surface area contributed by atoms with Crippen LogP contribution in [0.15, 0.2) is 33.7 Å². The first kappa shape index (κ1) is 18.9. The van der Waals surface area contributed by atoms with Gasteiger partial charge < -0.3 is 19.9 Å². The van der Waals surface area contributed by atoms with Gasteiger partial charge in [0.1, 0.15) is 11.3 Å². The number of imidazole rings is 1. The Morgan fingerprint density at radius 3 is 3.04 bits per heavy atom. The van der Waals surface area contributed by atoms with E-state index in [2.05, 4.69) is 48.1 Å². The second-order valence-electron chi connectivity index (χ2n) is 7.20. The van der Waals surface area contributed by atoms with Gasteiger partial charge >= 0.3 is 5.69 Å². The second kappa shape index (κ2) is 7.92. The summed E-state index contributed by atoms with van der Waals surface area (Å²) in [6.07, 6.45) is 2.82. The summed E-state index contributed by atoms with van der Waals surface area (Å²) in [5.74, 6) is 1.85. The van der Waals surface area contributed by atoms with Crippen molar-refractivity contribution in [3.63, 3.8) is 0 Å². The molecule has 4 rings (SSSR count). The van der Waals surface area contributed by atoms with E-state index in [4.69, 9.17) is 4.74 Å². The molecule has 1 aliphatic rings. The summed E-state index contributed by atoms with van der Waals surface area (Å²) in [5.41, 5.74) is 1.86. The third-order valence-electron chi connectivity index (χ3n) is 5.12. The van der Waals surface area contributed by atoms with Crippen LogP contribution in [-0.4, -0.2) is 58.2 Å². The number of methoxy groups -OCH3 is 1. The lowest BCUT2D eigenvalue weighted by atomic mass is 10.1. The summed E-state index contributed by atoms with van der Waals surface area (Å²) in [6.45, 7) is 3.38. The van der Waals surface area contributed by atoms with Gasteiger partial charge in [-0.3, -0.25) is 4.57 Å². The molecule has 3 heterocycles. The van der Waals surface area contributed by atoms with Gasteiger partial charge in [-0.05, 0) is 44.1 Å². The van der Waals surface area contributed by atoms with Gasteiger partial charge in [-0.1, -0.05) is 15.9 Å². The Balaban J connectivity index is 1.60. The molecular formula is C19H23BrN6O2. The first-order valence-electron chi connectivity index (χ1n) is 9.24. The van der Waals surface area contributed by atoms with Crippen molar-refractivity contribution < 1.29 is 4.74 Å². The highest BCUT2D eigenvalue weighted by Gasteiger charge is 2.19.